The molecule has 1 aromatic carbocycles. The smallest absolute Gasteiger partial charge is 0.264 e. The number of alkyl halides is 2. The van der Waals surface area contributed by atoms with E-state index in [4.69, 9.17) is 11.5 Å². The topological polar surface area (TPSA) is 52.0 Å². The van der Waals surface area contributed by atoms with Gasteiger partial charge in [0.25, 0.3) is 6.43 Å². The van der Waals surface area contributed by atoms with Crippen LogP contribution in [0, 0.1) is 0 Å². The molecule has 0 atom stereocenters. The highest BCUT2D eigenvalue weighted by Gasteiger charge is 2.13. The fraction of sp³-hybridized carbons (Fsp3) is 0.333. The van der Waals surface area contributed by atoms with Gasteiger partial charge in [-0.2, -0.15) is 0 Å². The summed E-state index contributed by atoms with van der Waals surface area (Å²) in [6.07, 6.45) is -2.48. The minimum Gasteiger partial charge on any atom is -0.326 e. The number of hydrogen-bond donors (Lipinski definition) is 2. The first-order chi connectivity index (χ1) is 6.20. The van der Waals surface area contributed by atoms with Crippen LogP contribution in [0.4, 0.5) is 8.78 Å². The van der Waals surface area contributed by atoms with Crippen molar-refractivity contribution in [2.45, 2.75) is 19.5 Å². The minimum atomic E-state index is -2.48. The van der Waals surface area contributed by atoms with Gasteiger partial charge in [-0.15, -0.1) is 0 Å². The van der Waals surface area contributed by atoms with Crippen molar-refractivity contribution >= 4 is 0 Å². The van der Waals surface area contributed by atoms with Gasteiger partial charge in [0.05, 0.1) is 0 Å². The summed E-state index contributed by atoms with van der Waals surface area (Å²) in [7, 11) is 0. The molecule has 0 radical (unpaired) electrons. The van der Waals surface area contributed by atoms with Crippen molar-refractivity contribution in [1.82, 2.24) is 0 Å². The highest BCUT2D eigenvalue weighted by Crippen LogP contribution is 2.24. The molecule has 0 spiro atoms. The van der Waals surface area contributed by atoms with Crippen LogP contribution in [0.2, 0.25) is 0 Å². The van der Waals surface area contributed by atoms with Crippen molar-refractivity contribution in [3.63, 3.8) is 0 Å². The normalized spacial score (nSPS) is 10.8. The maximum Gasteiger partial charge on any atom is 0.264 e. The standard InChI is InChI=1S/C9H12F2N2/c10-9(11)7-3-1-2-6(4-12)8(7)5-13/h1-3,9H,4-5,12-13H2. The molecular formula is C9H12F2N2. The van der Waals surface area contributed by atoms with Crippen LogP contribution >= 0.6 is 0 Å². The van der Waals surface area contributed by atoms with Crippen LogP contribution in [0.3, 0.4) is 0 Å². The molecule has 0 heterocycles. The highest BCUT2D eigenvalue weighted by molar-refractivity contribution is 5.35. The second-order valence-electron chi connectivity index (χ2n) is 2.69. The summed E-state index contributed by atoms with van der Waals surface area (Å²) in [5.74, 6) is 0. The molecule has 0 amide bonds. The van der Waals surface area contributed by atoms with Crippen LogP contribution in [0.15, 0.2) is 18.2 Å². The Kier molecular flexibility index (Phi) is 3.33. The van der Waals surface area contributed by atoms with Gasteiger partial charge in [-0.25, -0.2) is 8.78 Å². The zero-order chi connectivity index (χ0) is 9.84. The van der Waals surface area contributed by atoms with Gasteiger partial charge in [0.15, 0.2) is 0 Å². The van der Waals surface area contributed by atoms with Crippen molar-refractivity contribution < 1.29 is 8.78 Å². The Balaban J connectivity index is 3.19. The molecule has 0 aliphatic heterocycles. The summed E-state index contributed by atoms with van der Waals surface area (Å²) in [4.78, 5) is 0. The number of nitrogens with two attached hydrogens (primary N) is 2. The lowest BCUT2D eigenvalue weighted by Gasteiger charge is -2.10. The van der Waals surface area contributed by atoms with E-state index in [1.807, 2.05) is 0 Å². The van der Waals surface area contributed by atoms with Gasteiger partial charge >= 0.3 is 0 Å². The second kappa shape index (κ2) is 4.30. The van der Waals surface area contributed by atoms with Gasteiger partial charge in [0, 0.05) is 18.7 Å². The van der Waals surface area contributed by atoms with Crippen LogP contribution < -0.4 is 11.5 Å². The Bertz CT molecular complexity index is 287. The van der Waals surface area contributed by atoms with Crippen LogP contribution in [-0.4, -0.2) is 0 Å². The van der Waals surface area contributed by atoms with Crippen LogP contribution in [-0.2, 0) is 13.1 Å². The first-order valence-corrected chi connectivity index (χ1v) is 3.99. The van der Waals surface area contributed by atoms with Gasteiger partial charge in [-0.3, -0.25) is 0 Å². The van der Waals surface area contributed by atoms with E-state index in [-0.39, 0.29) is 18.7 Å². The van der Waals surface area contributed by atoms with E-state index in [0.29, 0.717) is 11.1 Å². The molecular weight excluding hydrogens is 174 g/mol. The SMILES string of the molecule is NCc1cccc(C(F)F)c1CN. The monoisotopic (exact) mass is 186 g/mol. The molecule has 13 heavy (non-hydrogen) atoms. The fourth-order valence-electron chi connectivity index (χ4n) is 1.30. The fourth-order valence-corrected chi connectivity index (χ4v) is 1.30. The molecule has 0 fully saturated rings. The van der Waals surface area contributed by atoms with E-state index in [9.17, 15) is 8.78 Å². The van der Waals surface area contributed by atoms with Gasteiger partial charge in [0.2, 0.25) is 0 Å². The molecule has 0 saturated carbocycles. The minimum absolute atomic E-state index is 0.00884. The van der Waals surface area contributed by atoms with Gasteiger partial charge < -0.3 is 11.5 Å². The molecule has 0 aliphatic carbocycles. The van der Waals surface area contributed by atoms with Crippen LogP contribution in [0.1, 0.15) is 23.1 Å². The zero-order valence-electron chi connectivity index (χ0n) is 7.13. The molecule has 0 aliphatic rings. The lowest BCUT2D eigenvalue weighted by Crippen LogP contribution is -2.09. The molecule has 4 N–H and O–H groups in total. The number of rotatable bonds is 3. The molecule has 72 valence electrons. The second-order valence-corrected chi connectivity index (χ2v) is 2.69. The third-order valence-corrected chi connectivity index (χ3v) is 1.97. The van der Waals surface area contributed by atoms with Crippen molar-refractivity contribution in [3.05, 3.63) is 34.9 Å². The first-order valence-electron chi connectivity index (χ1n) is 3.99. The first kappa shape index (κ1) is 10.1. The molecule has 1 rings (SSSR count). The summed E-state index contributed by atoms with van der Waals surface area (Å²) in [5.41, 5.74) is 11.9. The molecule has 0 saturated heterocycles. The van der Waals surface area contributed by atoms with Gasteiger partial charge in [0.1, 0.15) is 0 Å². The maximum atomic E-state index is 12.4. The van der Waals surface area contributed by atoms with Gasteiger partial charge in [-0.05, 0) is 11.1 Å². The lowest BCUT2D eigenvalue weighted by molar-refractivity contribution is 0.150. The van der Waals surface area contributed by atoms with Crippen molar-refractivity contribution in [3.8, 4) is 0 Å². The van der Waals surface area contributed by atoms with E-state index < -0.39 is 6.43 Å². The Morgan fingerprint density at radius 2 is 1.85 bits per heavy atom. The van der Waals surface area contributed by atoms with E-state index in [0.717, 1.165) is 0 Å². The zero-order valence-corrected chi connectivity index (χ0v) is 7.13. The molecule has 0 unspecified atom stereocenters. The Labute approximate surface area is 75.5 Å². The summed E-state index contributed by atoms with van der Waals surface area (Å²) < 4.78 is 24.9. The predicted octanol–water partition coefficient (Wildman–Crippen LogP) is 1.54. The van der Waals surface area contributed by atoms with Crippen molar-refractivity contribution in [2.75, 3.05) is 0 Å². The molecule has 0 bridgehead atoms. The third-order valence-electron chi connectivity index (χ3n) is 1.97. The van der Waals surface area contributed by atoms with Crippen LogP contribution in [0.25, 0.3) is 0 Å². The van der Waals surface area contributed by atoms with Crippen molar-refractivity contribution in [1.29, 1.82) is 0 Å². The average Bonchev–Trinajstić information content (AvgIpc) is 2.16. The summed E-state index contributed by atoms with van der Waals surface area (Å²) in [6.45, 7) is 0.347. The molecule has 1 aromatic rings. The lowest BCUT2D eigenvalue weighted by atomic mass is 10.0. The van der Waals surface area contributed by atoms with E-state index in [2.05, 4.69) is 0 Å². The Morgan fingerprint density at radius 3 is 2.31 bits per heavy atom. The summed E-state index contributed by atoms with van der Waals surface area (Å²) >= 11 is 0. The summed E-state index contributed by atoms with van der Waals surface area (Å²) in [6, 6.07) is 4.67. The molecule has 0 aromatic heterocycles. The quantitative estimate of drug-likeness (QED) is 0.752. The highest BCUT2D eigenvalue weighted by atomic mass is 19.3. The van der Waals surface area contributed by atoms with E-state index >= 15 is 0 Å². The third kappa shape index (κ3) is 2.02. The number of halogens is 2. The van der Waals surface area contributed by atoms with E-state index in [1.54, 1.807) is 12.1 Å². The maximum absolute atomic E-state index is 12.4. The number of benzene rings is 1. The summed E-state index contributed by atoms with van der Waals surface area (Å²) in [5, 5.41) is 0. The Morgan fingerprint density at radius 1 is 1.15 bits per heavy atom. The number of hydrogen-bond acceptors (Lipinski definition) is 2. The molecule has 4 heteroatoms. The van der Waals surface area contributed by atoms with Crippen molar-refractivity contribution in [2.24, 2.45) is 11.5 Å². The van der Waals surface area contributed by atoms with E-state index in [1.165, 1.54) is 6.07 Å². The molecule has 2 nitrogen and oxygen atoms in total. The Hall–Kier alpha value is -1.00. The average molecular weight is 186 g/mol. The predicted molar refractivity (Wildman–Crippen MR) is 47.2 cm³/mol. The van der Waals surface area contributed by atoms with Gasteiger partial charge in [-0.1, -0.05) is 18.2 Å². The largest absolute Gasteiger partial charge is 0.326 e. The van der Waals surface area contributed by atoms with Crippen LogP contribution in [0.5, 0.6) is 0 Å².